The number of imidazole rings is 1. The Hall–Kier alpha value is -1.85. The molecule has 3 rings (SSSR count). The van der Waals surface area contributed by atoms with Crippen molar-refractivity contribution in [1.82, 2.24) is 14.5 Å². The van der Waals surface area contributed by atoms with Gasteiger partial charge in [-0.25, -0.2) is 4.98 Å². The summed E-state index contributed by atoms with van der Waals surface area (Å²) in [6.45, 7) is 6.97. The molecule has 2 heterocycles. The fourth-order valence-corrected chi connectivity index (χ4v) is 2.59. The van der Waals surface area contributed by atoms with Crippen LogP contribution < -0.4 is 4.74 Å². The van der Waals surface area contributed by atoms with Crippen molar-refractivity contribution in [3.8, 4) is 11.4 Å². The zero-order valence-corrected chi connectivity index (χ0v) is 13.0. The summed E-state index contributed by atoms with van der Waals surface area (Å²) in [6.07, 6.45) is 6.74. The normalized spacial score (nSPS) is 17.3. The first-order chi connectivity index (χ1) is 10.8. The average molecular weight is 301 g/mol. The first-order valence-electron chi connectivity index (χ1n) is 7.86. The van der Waals surface area contributed by atoms with Gasteiger partial charge >= 0.3 is 0 Å². The van der Waals surface area contributed by atoms with Crippen molar-refractivity contribution >= 4 is 0 Å². The minimum Gasteiger partial charge on any atom is -0.491 e. The van der Waals surface area contributed by atoms with Gasteiger partial charge in [0.1, 0.15) is 5.75 Å². The molecule has 0 spiro atoms. The van der Waals surface area contributed by atoms with Crippen LogP contribution >= 0.6 is 0 Å². The van der Waals surface area contributed by atoms with E-state index in [-0.39, 0.29) is 6.10 Å². The van der Waals surface area contributed by atoms with E-state index in [4.69, 9.17) is 9.47 Å². The van der Waals surface area contributed by atoms with E-state index in [1.54, 1.807) is 12.5 Å². The third-order valence-corrected chi connectivity index (χ3v) is 3.93. The Bertz CT molecular complexity index is 548. The molecule has 0 radical (unpaired) electrons. The van der Waals surface area contributed by atoms with E-state index in [1.807, 2.05) is 35.0 Å². The maximum Gasteiger partial charge on any atom is 0.119 e. The summed E-state index contributed by atoms with van der Waals surface area (Å²) in [5, 5.41) is 0. The Morgan fingerprint density at radius 1 is 1.23 bits per heavy atom. The van der Waals surface area contributed by atoms with Crippen molar-refractivity contribution in [3.63, 3.8) is 0 Å². The van der Waals surface area contributed by atoms with E-state index in [2.05, 4.69) is 16.8 Å². The highest BCUT2D eigenvalue weighted by atomic mass is 16.5. The van der Waals surface area contributed by atoms with E-state index in [0.717, 1.165) is 50.7 Å². The number of rotatable bonds is 6. The SMILES string of the molecule is CC(CCN1CCOCC1)Oc1ccc(-n2ccnc2)cc1. The van der Waals surface area contributed by atoms with Crippen LogP contribution in [0, 0.1) is 0 Å². The molecule has 1 aromatic heterocycles. The van der Waals surface area contributed by atoms with Gasteiger partial charge in [0.25, 0.3) is 0 Å². The quantitative estimate of drug-likeness (QED) is 0.821. The van der Waals surface area contributed by atoms with Gasteiger partial charge in [-0.05, 0) is 37.6 Å². The van der Waals surface area contributed by atoms with E-state index < -0.39 is 0 Å². The van der Waals surface area contributed by atoms with Crippen LogP contribution in [0.5, 0.6) is 5.75 Å². The van der Waals surface area contributed by atoms with Crippen LogP contribution in [0.3, 0.4) is 0 Å². The molecule has 118 valence electrons. The van der Waals surface area contributed by atoms with Crippen LogP contribution in [-0.4, -0.2) is 53.4 Å². The first kappa shape index (κ1) is 15.1. The summed E-state index contributed by atoms with van der Waals surface area (Å²) < 4.78 is 13.3. The van der Waals surface area contributed by atoms with Gasteiger partial charge in [-0.1, -0.05) is 0 Å². The highest BCUT2D eigenvalue weighted by Crippen LogP contribution is 2.17. The molecule has 5 nitrogen and oxygen atoms in total. The standard InChI is InChI=1S/C17H23N3O2/c1-15(6-8-19-10-12-21-13-11-19)22-17-4-2-16(3-5-17)20-9-7-18-14-20/h2-5,7,9,14-15H,6,8,10-13H2,1H3. The molecule has 1 unspecified atom stereocenters. The number of ether oxygens (including phenoxy) is 2. The lowest BCUT2D eigenvalue weighted by Crippen LogP contribution is -2.38. The summed E-state index contributed by atoms with van der Waals surface area (Å²) in [5.74, 6) is 0.915. The highest BCUT2D eigenvalue weighted by Gasteiger charge is 2.12. The number of benzene rings is 1. The fourth-order valence-electron chi connectivity index (χ4n) is 2.59. The lowest BCUT2D eigenvalue weighted by molar-refractivity contribution is 0.0327. The Balaban J connectivity index is 1.47. The van der Waals surface area contributed by atoms with Gasteiger partial charge in [0.15, 0.2) is 0 Å². The largest absolute Gasteiger partial charge is 0.491 e. The van der Waals surface area contributed by atoms with Crippen molar-refractivity contribution in [2.24, 2.45) is 0 Å². The summed E-state index contributed by atoms with van der Waals surface area (Å²) in [4.78, 5) is 6.49. The van der Waals surface area contributed by atoms with Crippen molar-refractivity contribution in [2.75, 3.05) is 32.8 Å². The van der Waals surface area contributed by atoms with Crippen molar-refractivity contribution in [2.45, 2.75) is 19.4 Å². The fraction of sp³-hybridized carbons (Fsp3) is 0.471. The maximum atomic E-state index is 5.99. The lowest BCUT2D eigenvalue weighted by Gasteiger charge is -2.27. The van der Waals surface area contributed by atoms with Gasteiger partial charge in [-0.3, -0.25) is 4.90 Å². The number of hydrogen-bond acceptors (Lipinski definition) is 4. The van der Waals surface area contributed by atoms with Crippen molar-refractivity contribution in [3.05, 3.63) is 43.0 Å². The Morgan fingerprint density at radius 3 is 2.68 bits per heavy atom. The molecule has 1 saturated heterocycles. The number of morpholine rings is 1. The Morgan fingerprint density at radius 2 is 2.00 bits per heavy atom. The molecule has 0 aliphatic carbocycles. The molecule has 1 aliphatic heterocycles. The van der Waals surface area contributed by atoms with Crippen LogP contribution in [0.15, 0.2) is 43.0 Å². The van der Waals surface area contributed by atoms with Gasteiger partial charge in [-0.2, -0.15) is 0 Å². The average Bonchev–Trinajstić information content (AvgIpc) is 3.09. The molecule has 22 heavy (non-hydrogen) atoms. The molecule has 1 atom stereocenters. The van der Waals surface area contributed by atoms with E-state index in [0.29, 0.717) is 0 Å². The van der Waals surface area contributed by atoms with Gasteiger partial charge in [0.05, 0.1) is 25.6 Å². The minimum atomic E-state index is 0.210. The van der Waals surface area contributed by atoms with Gasteiger partial charge in [0.2, 0.25) is 0 Å². The van der Waals surface area contributed by atoms with Gasteiger partial charge in [0, 0.05) is 37.7 Å². The molecule has 2 aromatic rings. The van der Waals surface area contributed by atoms with Crippen LogP contribution in [-0.2, 0) is 4.74 Å². The van der Waals surface area contributed by atoms with Crippen molar-refractivity contribution in [1.29, 1.82) is 0 Å². The first-order valence-corrected chi connectivity index (χ1v) is 7.86. The predicted molar refractivity (Wildman–Crippen MR) is 85.5 cm³/mol. The molecule has 1 aliphatic rings. The number of hydrogen-bond donors (Lipinski definition) is 0. The second-order valence-corrected chi connectivity index (χ2v) is 5.64. The molecule has 0 saturated carbocycles. The van der Waals surface area contributed by atoms with Gasteiger partial charge in [-0.15, -0.1) is 0 Å². The van der Waals surface area contributed by atoms with Crippen LogP contribution in [0.2, 0.25) is 0 Å². The molecular weight excluding hydrogens is 278 g/mol. The van der Waals surface area contributed by atoms with Crippen LogP contribution in [0.4, 0.5) is 0 Å². The van der Waals surface area contributed by atoms with Gasteiger partial charge < -0.3 is 14.0 Å². The molecule has 1 aromatic carbocycles. The monoisotopic (exact) mass is 301 g/mol. The minimum absolute atomic E-state index is 0.210. The second-order valence-electron chi connectivity index (χ2n) is 5.64. The summed E-state index contributed by atoms with van der Waals surface area (Å²) in [7, 11) is 0. The predicted octanol–water partition coefficient (Wildman–Crippen LogP) is 2.36. The zero-order chi connectivity index (χ0) is 15.2. The topological polar surface area (TPSA) is 39.5 Å². The third-order valence-electron chi connectivity index (χ3n) is 3.93. The molecular formula is C17H23N3O2. The van der Waals surface area contributed by atoms with Crippen LogP contribution in [0.1, 0.15) is 13.3 Å². The van der Waals surface area contributed by atoms with E-state index in [9.17, 15) is 0 Å². The molecule has 1 fully saturated rings. The van der Waals surface area contributed by atoms with Crippen molar-refractivity contribution < 1.29 is 9.47 Å². The maximum absolute atomic E-state index is 5.99. The number of aromatic nitrogens is 2. The second kappa shape index (κ2) is 7.42. The smallest absolute Gasteiger partial charge is 0.119 e. The summed E-state index contributed by atoms with van der Waals surface area (Å²) in [5.41, 5.74) is 1.09. The Kier molecular flexibility index (Phi) is 5.08. The van der Waals surface area contributed by atoms with E-state index >= 15 is 0 Å². The number of nitrogens with zero attached hydrogens (tertiary/aromatic N) is 3. The molecule has 0 bridgehead atoms. The molecule has 0 N–H and O–H groups in total. The highest BCUT2D eigenvalue weighted by molar-refractivity contribution is 5.37. The lowest BCUT2D eigenvalue weighted by atomic mass is 10.2. The molecule has 5 heteroatoms. The summed E-state index contributed by atoms with van der Waals surface area (Å²) >= 11 is 0. The molecule has 0 amide bonds. The van der Waals surface area contributed by atoms with Crippen LogP contribution in [0.25, 0.3) is 5.69 Å². The summed E-state index contributed by atoms with van der Waals surface area (Å²) in [6, 6.07) is 8.12. The zero-order valence-electron chi connectivity index (χ0n) is 13.0. The van der Waals surface area contributed by atoms with E-state index in [1.165, 1.54) is 0 Å². The third kappa shape index (κ3) is 4.08. The Labute approximate surface area is 131 Å².